The Morgan fingerprint density at radius 1 is 1.17 bits per heavy atom. The van der Waals surface area contributed by atoms with Gasteiger partial charge in [-0.15, -0.1) is 5.10 Å². The van der Waals surface area contributed by atoms with Crippen molar-refractivity contribution in [2.24, 2.45) is 0 Å². The molecule has 1 aliphatic heterocycles. The number of halogens is 3. The van der Waals surface area contributed by atoms with Gasteiger partial charge in [0.2, 0.25) is 10.1 Å². The van der Waals surface area contributed by atoms with E-state index < -0.39 is 11.9 Å². The zero-order chi connectivity index (χ0) is 20.0. The first-order chi connectivity index (χ1) is 14.0. The Hall–Kier alpha value is -2.95. The highest BCUT2D eigenvalue weighted by Crippen LogP contribution is 2.32. The number of nitrogens with zero attached hydrogens (tertiary/aromatic N) is 7. The minimum atomic E-state index is -4.42. The van der Waals surface area contributed by atoms with E-state index in [1.807, 2.05) is 18.3 Å². The number of alkyl halides is 3. The third-order valence-corrected chi connectivity index (χ3v) is 5.91. The lowest BCUT2D eigenvalue weighted by molar-refractivity contribution is -0.141. The molecule has 0 bridgehead atoms. The summed E-state index contributed by atoms with van der Waals surface area (Å²) >= 11 is 1.46. The van der Waals surface area contributed by atoms with Gasteiger partial charge in [-0.2, -0.15) is 18.3 Å². The molecule has 11 heteroatoms. The molecule has 0 N–H and O–H groups in total. The van der Waals surface area contributed by atoms with Gasteiger partial charge in [0, 0.05) is 37.2 Å². The van der Waals surface area contributed by atoms with E-state index in [4.69, 9.17) is 0 Å². The zero-order valence-corrected chi connectivity index (χ0v) is 15.9. The molecular formula is C18H16F3N7S. The topological polar surface area (TPSA) is 64.1 Å². The molecule has 4 aromatic rings. The molecule has 150 valence electrons. The van der Waals surface area contributed by atoms with Gasteiger partial charge in [-0.25, -0.2) is 9.50 Å². The Labute approximate surface area is 167 Å². The Morgan fingerprint density at radius 3 is 2.79 bits per heavy atom. The standard InChI is InChI=1S/C18H16F3N7S/c19-18(20,21)15-5-8-27(24-15)13-4-2-7-26(10-13)17-25-28-11-14(23-16(28)29-17)12-3-1-6-22-9-12/h1,3,5-6,8-9,11,13H,2,4,7,10H2. The van der Waals surface area contributed by atoms with E-state index >= 15 is 0 Å². The van der Waals surface area contributed by atoms with Crippen LogP contribution in [0.15, 0.2) is 43.0 Å². The molecule has 4 aromatic heterocycles. The molecule has 5 heterocycles. The highest BCUT2D eigenvalue weighted by Gasteiger charge is 2.34. The van der Waals surface area contributed by atoms with Crippen LogP contribution >= 0.6 is 11.3 Å². The fraction of sp³-hybridized carbons (Fsp3) is 0.333. The summed E-state index contributed by atoms with van der Waals surface area (Å²) in [5.41, 5.74) is 0.866. The molecule has 0 radical (unpaired) electrons. The minimum absolute atomic E-state index is 0.123. The number of aromatic nitrogens is 6. The Balaban J connectivity index is 1.36. The molecular weight excluding hydrogens is 403 g/mol. The maximum Gasteiger partial charge on any atom is 0.435 e. The molecule has 7 nitrogen and oxygen atoms in total. The highest BCUT2D eigenvalue weighted by molar-refractivity contribution is 7.20. The number of pyridine rings is 1. The van der Waals surface area contributed by atoms with Crippen molar-refractivity contribution >= 4 is 21.4 Å². The van der Waals surface area contributed by atoms with E-state index in [0.717, 1.165) is 46.8 Å². The molecule has 1 atom stereocenters. The number of piperidine rings is 1. The first-order valence-electron chi connectivity index (χ1n) is 9.11. The summed E-state index contributed by atoms with van der Waals surface area (Å²) in [6, 6.07) is 4.70. The largest absolute Gasteiger partial charge is 0.435 e. The van der Waals surface area contributed by atoms with Crippen LogP contribution in [0.1, 0.15) is 24.6 Å². The van der Waals surface area contributed by atoms with E-state index in [0.29, 0.717) is 6.54 Å². The first kappa shape index (κ1) is 18.1. The normalized spacial score (nSPS) is 17.9. The molecule has 0 amide bonds. The average Bonchev–Trinajstić information content (AvgIpc) is 3.43. The second-order valence-corrected chi connectivity index (χ2v) is 7.83. The Bertz CT molecular complexity index is 1100. The first-order valence-corrected chi connectivity index (χ1v) is 9.93. The third kappa shape index (κ3) is 3.46. The summed E-state index contributed by atoms with van der Waals surface area (Å²) in [5.74, 6) is 0. The maximum absolute atomic E-state index is 12.8. The van der Waals surface area contributed by atoms with Crippen molar-refractivity contribution in [2.45, 2.75) is 25.1 Å². The number of hydrogen-bond donors (Lipinski definition) is 0. The zero-order valence-electron chi connectivity index (χ0n) is 15.1. The van der Waals surface area contributed by atoms with Crippen molar-refractivity contribution in [3.05, 3.63) is 48.7 Å². The van der Waals surface area contributed by atoms with Crippen LogP contribution in [0.25, 0.3) is 16.2 Å². The molecule has 1 aliphatic rings. The molecule has 0 spiro atoms. The van der Waals surface area contributed by atoms with Crippen molar-refractivity contribution in [3.8, 4) is 11.3 Å². The van der Waals surface area contributed by atoms with Gasteiger partial charge in [0.25, 0.3) is 0 Å². The van der Waals surface area contributed by atoms with Gasteiger partial charge in [0.1, 0.15) is 0 Å². The van der Waals surface area contributed by atoms with Gasteiger partial charge in [-0.1, -0.05) is 11.3 Å². The van der Waals surface area contributed by atoms with Crippen molar-refractivity contribution in [2.75, 3.05) is 18.0 Å². The van der Waals surface area contributed by atoms with E-state index in [1.54, 1.807) is 16.9 Å². The highest BCUT2D eigenvalue weighted by atomic mass is 32.1. The summed E-state index contributed by atoms with van der Waals surface area (Å²) in [6.07, 6.45) is 3.94. The van der Waals surface area contributed by atoms with Crippen LogP contribution < -0.4 is 4.90 Å². The molecule has 1 fully saturated rings. The van der Waals surface area contributed by atoms with E-state index in [9.17, 15) is 13.2 Å². The third-order valence-electron chi connectivity index (χ3n) is 4.93. The van der Waals surface area contributed by atoms with Crippen LogP contribution in [0.3, 0.4) is 0 Å². The predicted molar refractivity (Wildman–Crippen MR) is 102 cm³/mol. The monoisotopic (exact) mass is 419 g/mol. The smallest absolute Gasteiger partial charge is 0.345 e. The van der Waals surface area contributed by atoms with Crippen LogP contribution in [0.4, 0.5) is 18.3 Å². The summed E-state index contributed by atoms with van der Waals surface area (Å²) < 4.78 is 41.7. The second kappa shape index (κ2) is 6.83. The van der Waals surface area contributed by atoms with Crippen molar-refractivity contribution < 1.29 is 13.2 Å². The lowest BCUT2D eigenvalue weighted by Gasteiger charge is -2.32. The number of hydrogen-bond acceptors (Lipinski definition) is 6. The second-order valence-electron chi connectivity index (χ2n) is 6.90. The SMILES string of the molecule is FC(F)(F)c1ccn(C2CCCN(c3nn4cc(-c5cccnc5)nc4s3)C2)n1. The maximum atomic E-state index is 12.8. The van der Waals surface area contributed by atoms with Gasteiger partial charge >= 0.3 is 6.18 Å². The molecule has 1 unspecified atom stereocenters. The number of fused-ring (bicyclic) bond motifs is 1. The van der Waals surface area contributed by atoms with Gasteiger partial charge < -0.3 is 4.90 Å². The van der Waals surface area contributed by atoms with Crippen molar-refractivity contribution in [3.63, 3.8) is 0 Å². The Kier molecular flexibility index (Phi) is 4.26. The fourth-order valence-electron chi connectivity index (χ4n) is 3.51. The predicted octanol–water partition coefficient (Wildman–Crippen LogP) is 3.91. The van der Waals surface area contributed by atoms with Crippen LogP contribution in [-0.2, 0) is 6.18 Å². The lowest BCUT2D eigenvalue weighted by atomic mass is 10.1. The van der Waals surface area contributed by atoms with Crippen LogP contribution in [0.5, 0.6) is 0 Å². The average molecular weight is 419 g/mol. The number of imidazole rings is 1. The van der Waals surface area contributed by atoms with Crippen LogP contribution in [-0.4, -0.2) is 42.5 Å². The summed E-state index contributed by atoms with van der Waals surface area (Å²) in [5, 5.41) is 9.16. The molecule has 5 rings (SSSR count). The van der Waals surface area contributed by atoms with E-state index in [1.165, 1.54) is 22.2 Å². The Morgan fingerprint density at radius 2 is 2.07 bits per heavy atom. The van der Waals surface area contributed by atoms with Gasteiger partial charge in [0.15, 0.2) is 5.69 Å². The fourth-order valence-corrected chi connectivity index (χ4v) is 4.43. The molecule has 0 saturated carbocycles. The van der Waals surface area contributed by atoms with Gasteiger partial charge in [0.05, 0.1) is 17.9 Å². The lowest BCUT2D eigenvalue weighted by Crippen LogP contribution is -2.37. The quantitative estimate of drug-likeness (QED) is 0.504. The van der Waals surface area contributed by atoms with Crippen molar-refractivity contribution in [1.29, 1.82) is 0 Å². The number of anilines is 1. The van der Waals surface area contributed by atoms with Gasteiger partial charge in [-0.05, 0) is 31.0 Å². The minimum Gasteiger partial charge on any atom is -0.345 e. The summed E-state index contributed by atoms with van der Waals surface area (Å²) in [6.45, 7) is 1.36. The molecule has 0 aliphatic carbocycles. The van der Waals surface area contributed by atoms with E-state index in [-0.39, 0.29) is 6.04 Å². The summed E-state index contributed by atoms with van der Waals surface area (Å²) in [4.78, 5) is 11.6. The van der Waals surface area contributed by atoms with Crippen LogP contribution in [0.2, 0.25) is 0 Å². The molecule has 0 aromatic carbocycles. The summed E-state index contributed by atoms with van der Waals surface area (Å²) in [7, 11) is 0. The van der Waals surface area contributed by atoms with Crippen molar-refractivity contribution in [1.82, 2.24) is 29.4 Å². The van der Waals surface area contributed by atoms with Crippen LogP contribution in [0, 0.1) is 0 Å². The van der Waals surface area contributed by atoms with Gasteiger partial charge in [-0.3, -0.25) is 9.67 Å². The molecule has 29 heavy (non-hydrogen) atoms. The van der Waals surface area contributed by atoms with E-state index in [2.05, 4.69) is 25.1 Å². The molecule has 1 saturated heterocycles. The number of rotatable bonds is 3.